The zero-order valence-corrected chi connectivity index (χ0v) is 29.7. The third-order valence-corrected chi connectivity index (χ3v) is 12.5. The molecule has 0 atom stereocenters. The van der Waals surface area contributed by atoms with Gasteiger partial charge < -0.3 is 9.32 Å². The van der Waals surface area contributed by atoms with Gasteiger partial charge in [0.15, 0.2) is 0 Å². The van der Waals surface area contributed by atoms with Crippen molar-refractivity contribution in [2.24, 2.45) is 0 Å². The summed E-state index contributed by atoms with van der Waals surface area (Å²) in [5, 5.41) is 7.48. The summed E-state index contributed by atoms with van der Waals surface area (Å²) >= 11 is 1.89. The van der Waals surface area contributed by atoms with E-state index in [0.717, 1.165) is 39.0 Å². The number of thiophene rings is 1. The van der Waals surface area contributed by atoms with Gasteiger partial charge >= 0.3 is 0 Å². The maximum atomic E-state index is 6.26. The summed E-state index contributed by atoms with van der Waals surface area (Å²) < 4.78 is 8.94. The van der Waals surface area contributed by atoms with Crippen LogP contribution in [-0.4, -0.2) is 0 Å². The van der Waals surface area contributed by atoms with Gasteiger partial charge in [-0.15, -0.1) is 11.3 Å². The van der Waals surface area contributed by atoms with Gasteiger partial charge in [0, 0.05) is 58.8 Å². The van der Waals surface area contributed by atoms with Gasteiger partial charge in [-0.2, -0.15) is 0 Å². The summed E-state index contributed by atoms with van der Waals surface area (Å²) in [6.07, 6.45) is 0. The van der Waals surface area contributed by atoms with Gasteiger partial charge in [-0.3, -0.25) is 0 Å². The summed E-state index contributed by atoms with van der Waals surface area (Å²) in [6.45, 7) is 4.70. The number of anilines is 3. The van der Waals surface area contributed by atoms with E-state index in [1.807, 2.05) is 23.5 Å². The number of fused-ring (bicyclic) bond motifs is 11. The fourth-order valence-corrected chi connectivity index (χ4v) is 9.93. The molecule has 10 aromatic rings. The van der Waals surface area contributed by atoms with E-state index >= 15 is 0 Å². The standard InChI is InChI=1S/C49H33NOS/c1-49(2)43-16-8-5-12-35(43)36-25-23-33(28-44(36)49)50(32-24-26-46-41(27-32)37-13-6-9-17-45(37)51-46)31-21-19-30(20-22-31)40-29-42-38-14-7-10-18-47(38)52-48(42)39-15-4-3-11-34(39)40/h3-29H,1-2H3. The molecule has 8 aromatic carbocycles. The lowest BCUT2D eigenvalue weighted by molar-refractivity contribution is 0.660. The second-order valence-corrected chi connectivity index (χ2v) is 15.6. The highest BCUT2D eigenvalue weighted by Gasteiger charge is 2.35. The lowest BCUT2D eigenvalue weighted by Crippen LogP contribution is -2.16. The molecular weight excluding hydrogens is 651 g/mol. The summed E-state index contributed by atoms with van der Waals surface area (Å²) in [4.78, 5) is 2.40. The van der Waals surface area contributed by atoms with E-state index in [1.54, 1.807) is 0 Å². The van der Waals surface area contributed by atoms with E-state index < -0.39 is 0 Å². The van der Waals surface area contributed by atoms with Crippen molar-refractivity contribution in [2.45, 2.75) is 19.3 Å². The Kier molecular flexibility index (Phi) is 6.21. The molecule has 1 aliphatic rings. The van der Waals surface area contributed by atoms with Gasteiger partial charge in [0.1, 0.15) is 11.2 Å². The van der Waals surface area contributed by atoms with Crippen molar-refractivity contribution in [3.05, 3.63) is 175 Å². The van der Waals surface area contributed by atoms with Crippen LogP contribution in [0.25, 0.3) is 75.1 Å². The Morgan fingerprint density at radius 3 is 1.94 bits per heavy atom. The molecule has 0 fully saturated rings. The average Bonchev–Trinajstić information content (AvgIpc) is 3.83. The first kappa shape index (κ1) is 29.6. The monoisotopic (exact) mass is 683 g/mol. The van der Waals surface area contributed by atoms with Crippen LogP contribution in [0.5, 0.6) is 0 Å². The Morgan fingerprint density at radius 2 is 1.08 bits per heavy atom. The number of nitrogens with zero attached hydrogens (tertiary/aromatic N) is 1. The fraction of sp³-hybridized carbons (Fsp3) is 0.0612. The topological polar surface area (TPSA) is 16.4 Å². The molecule has 0 unspecified atom stereocenters. The molecule has 0 amide bonds. The van der Waals surface area contributed by atoms with Gasteiger partial charge in [-0.1, -0.05) is 117 Å². The molecule has 2 aromatic heterocycles. The number of hydrogen-bond acceptors (Lipinski definition) is 3. The Morgan fingerprint density at radius 1 is 0.442 bits per heavy atom. The predicted molar refractivity (Wildman–Crippen MR) is 222 cm³/mol. The molecule has 52 heavy (non-hydrogen) atoms. The smallest absolute Gasteiger partial charge is 0.135 e. The van der Waals surface area contributed by atoms with Crippen LogP contribution in [0.15, 0.2) is 168 Å². The van der Waals surface area contributed by atoms with E-state index in [1.165, 1.54) is 64.3 Å². The number of para-hydroxylation sites is 1. The Hall–Kier alpha value is -6.16. The molecule has 0 spiro atoms. The first-order chi connectivity index (χ1) is 25.5. The quantitative estimate of drug-likeness (QED) is 0.184. The third-order valence-electron chi connectivity index (χ3n) is 11.3. The first-order valence-corrected chi connectivity index (χ1v) is 18.7. The average molecular weight is 684 g/mol. The lowest BCUT2D eigenvalue weighted by atomic mass is 9.82. The Labute approximate surface area is 305 Å². The molecule has 1 aliphatic carbocycles. The van der Waals surface area contributed by atoms with Crippen LogP contribution < -0.4 is 4.90 Å². The van der Waals surface area contributed by atoms with Gasteiger partial charge in [0.2, 0.25) is 0 Å². The minimum absolute atomic E-state index is 0.103. The molecule has 246 valence electrons. The summed E-state index contributed by atoms with van der Waals surface area (Å²) in [7, 11) is 0. The van der Waals surface area contributed by atoms with Crippen molar-refractivity contribution >= 4 is 81.3 Å². The number of furan rings is 1. The fourth-order valence-electron chi connectivity index (χ4n) is 8.71. The van der Waals surface area contributed by atoms with Crippen molar-refractivity contribution in [1.29, 1.82) is 0 Å². The molecule has 0 saturated heterocycles. The maximum absolute atomic E-state index is 6.26. The molecule has 0 saturated carbocycles. The van der Waals surface area contributed by atoms with Crippen molar-refractivity contribution in [2.75, 3.05) is 4.90 Å². The highest BCUT2D eigenvalue weighted by Crippen LogP contribution is 2.51. The van der Waals surface area contributed by atoms with Crippen LogP contribution in [0, 0.1) is 0 Å². The molecule has 0 N–H and O–H groups in total. The zero-order valence-electron chi connectivity index (χ0n) is 28.9. The van der Waals surface area contributed by atoms with Crippen molar-refractivity contribution in [3.63, 3.8) is 0 Å². The maximum Gasteiger partial charge on any atom is 0.135 e. The van der Waals surface area contributed by atoms with Crippen molar-refractivity contribution in [1.82, 2.24) is 0 Å². The first-order valence-electron chi connectivity index (χ1n) is 17.9. The Balaban J connectivity index is 1.10. The highest BCUT2D eigenvalue weighted by molar-refractivity contribution is 7.26. The van der Waals surface area contributed by atoms with Gasteiger partial charge in [0.25, 0.3) is 0 Å². The van der Waals surface area contributed by atoms with Crippen LogP contribution in [0.1, 0.15) is 25.0 Å². The minimum atomic E-state index is -0.103. The predicted octanol–water partition coefficient (Wildman–Crippen LogP) is 14.6. The van der Waals surface area contributed by atoms with Gasteiger partial charge in [-0.25, -0.2) is 0 Å². The van der Waals surface area contributed by atoms with Crippen LogP contribution in [0.4, 0.5) is 17.1 Å². The molecule has 0 bridgehead atoms. The molecule has 2 heterocycles. The van der Waals surface area contributed by atoms with Gasteiger partial charge in [-0.05, 0) is 99.4 Å². The van der Waals surface area contributed by atoms with Crippen LogP contribution in [0.3, 0.4) is 0 Å². The van der Waals surface area contributed by atoms with E-state index in [4.69, 9.17) is 4.42 Å². The molecule has 2 nitrogen and oxygen atoms in total. The second-order valence-electron chi connectivity index (χ2n) is 14.5. The molecule has 11 rings (SSSR count). The summed E-state index contributed by atoms with van der Waals surface area (Å²) in [5.74, 6) is 0. The normalized spacial score (nSPS) is 13.3. The number of hydrogen-bond donors (Lipinski definition) is 0. The largest absolute Gasteiger partial charge is 0.456 e. The van der Waals surface area contributed by atoms with Gasteiger partial charge in [0.05, 0.1) is 0 Å². The van der Waals surface area contributed by atoms with E-state index in [-0.39, 0.29) is 5.41 Å². The summed E-state index contributed by atoms with van der Waals surface area (Å²) in [6, 6.07) is 60.0. The lowest BCUT2D eigenvalue weighted by Gasteiger charge is -2.28. The van der Waals surface area contributed by atoms with Crippen LogP contribution in [-0.2, 0) is 5.41 Å². The molecule has 0 aliphatic heterocycles. The van der Waals surface area contributed by atoms with Crippen molar-refractivity contribution in [3.8, 4) is 22.3 Å². The summed E-state index contributed by atoms with van der Waals surface area (Å²) in [5.41, 5.74) is 12.9. The van der Waals surface area contributed by atoms with Crippen molar-refractivity contribution < 1.29 is 4.42 Å². The SMILES string of the molecule is CC1(C)c2ccccc2-c2ccc(N(c3ccc(-c4cc5c6ccccc6sc5c5ccccc45)cc3)c3ccc4oc5ccccc5c4c3)cc21. The van der Waals surface area contributed by atoms with E-state index in [0.29, 0.717) is 0 Å². The molecular formula is C49H33NOS. The second kappa shape index (κ2) is 10.9. The van der Waals surface area contributed by atoms with Crippen LogP contribution in [0.2, 0.25) is 0 Å². The zero-order chi connectivity index (χ0) is 34.6. The van der Waals surface area contributed by atoms with Crippen LogP contribution >= 0.6 is 11.3 Å². The third kappa shape index (κ3) is 4.23. The molecule has 0 radical (unpaired) electrons. The number of rotatable bonds is 4. The molecule has 3 heteroatoms. The van der Waals surface area contributed by atoms with E-state index in [2.05, 4.69) is 170 Å². The Bertz CT molecular complexity index is 3050. The number of benzene rings is 8. The van der Waals surface area contributed by atoms with E-state index in [9.17, 15) is 0 Å². The highest BCUT2D eigenvalue weighted by atomic mass is 32.1. The minimum Gasteiger partial charge on any atom is -0.456 e.